The second-order valence-corrected chi connectivity index (χ2v) is 4.36. The fourth-order valence-electron chi connectivity index (χ4n) is 1.29. The Kier molecular flexibility index (Phi) is 2.97. The molecule has 1 N–H and O–H groups in total. The van der Waals surface area contributed by atoms with Crippen LogP contribution in [0, 0.1) is 5.41 Å². The summed E-state index contributed by atoms with van der Waals surface area (Å²) in [5.41, 5.74) is 1.65. The number of aromatic hydroxyl groups is 1. The molecule has 0 saturated heterocycles. The SMILES string of the molecule is CCC(C)(C)Cc1ccc(O)cc1. The summed E-state index contributed by atoms with van der Waals surface area (Å²) in [7, 11) is 0. The predicted molar refractivity (Wildman–Crippen MR) is 55.9 cm³/mol. The van der Waals surface area contributed by atoms with Crippen LogP contribution in [0.25, 0.3) is 0 Å². The van der Waals surface area contributed by atoms with Crippen LogP contribution in [0.3, 0.4) is 0 Å². The molecule has 0 atom stereocenters. The minimum Gasteiger partial charge on any atom is -0.508 e. The van der Waals surface area contributed by atoms with Gasteiger partial charge in [0.25, 0.3) is 0 Å². The van der Waals surface area contributed by atoms with Gasteiger partial charge in [0.2, 0.25) is 0 Å². The molecule has 0 fully saturated rings. The quantitative estimate of drug-likeness (QED) is 0.752. The van der Waals surface area contributed by atoms with E-state index < -0.39 is 0 Å². The average Bonchev–Trinajstić information content (AvgIpc) is 2.09. The Bertz CT molecular complexity index is 259. The third kappa shape index (κ3) is 3.10. The number of hydrogen-bond acceptors (Lipinski definition) is 1. The van der Waals surface area contributed by atoms with Crippen LogP contribution < -0.4 is 0 Å². The monoisotopic (exact) mass is 178 g/mol. The zero-order chi connectivity index (χ0) is 9.90. The lowest BCUT2D eigenvalue weighted by atomic mass is 9.83. The Hall–Kier alpha value is -0.980. The Morgan fingerprint density at radius 3 is 2.15 bits per heavy atom. The maximum atomic E-state index is 9.11. The van der Waals surface area contributed by atoms with Gasteiger partial charge in [-0.15, -0.1) is 0 Å². The fourth-order valence-corrected chi connectivity index (χ4v) is 1.29. The molecule has 72 valence electrons. The molecule has 1 rings (SSSR count). The van der Waals surface area contributed by atoms with Crippen LogP contribution in [0.15, 0.2) is 24.3 Å². The molecule has 1 nitrogen and oxygen atoms in total. The molecule has 0 saturated carbocycles. The third-order valence-electron chi connectivity index (χ3n) is 2.58. The summed E-state index contributed by atoms with van der Waals surface area (Å²) in [6.45, 7) is 6.74. The van der Waals surface area contributed by atoms with E-state index in [1.807, 2.05) is 12.1 Å². The van der Waals surface area contributed by atoms with E-state index in [2.05, 4.69) is 20.8 Å². The Balaban J connectivity index is 2.69. The van der Waals surface area contributed by atoms with Crippen LogP contribution in [0.2, 0.25) is 0 Å². The molecule has 13 heavy (non-hydrogen) atoms. The van der Waals surface area contributed by atoms with Crippen LogP contribution in [0.1, 0.15) is 32.8 Å². The van der Waals surface area contributed by atoms with E-state index in [1.165, 1.54) is 12.0 Å². The minimum absolute atomic E-state index is 0.345. The van der Waals surface area contributed by atoms with Crippen molar-refractivity contribution in [1.82, 2.24) is 0 Å². The standard InChI is InChI=1S/C12H18O/c1-4-12(2,3)9-10-5-7-11(13)8-6-10/h5-8,13H,4,9H2,1-3H3. The summed E-state index contributed by atoms with van der Waals surface area (Å²) in [6.07, 6.45) is 2.25. The molecule has 0 amide bonds. The maximum Gasteiger partial charge on any atom is 0.115 e. The first-order valence-electron chi connectivity index (χ1n) is 4.81. The molecule has 1 aromatic carbocycles. The molecule has 0 aliphatic heterocycles. The van der Waals surface area contributed by atoms with Crippen molar-refractivity contribution >= 4 is 0 Å². The molecule has 1 heteroatoms. The summed E-state index contributed by atoms with van der Waals surface area (Å²) < 4.78 is 0. The van der Waals surface area contributed by atoms with Crippen LogP contribution in [-0.2, 0) is 6.42 Å². The van der Waals surface area contributed by atoms with Gasteiger partial charge in [0, 0.05) is 0 Å². The first-order chi connectivity index (χ1) is 6.03. The van der Waals surface area contributed by atoms with E-state index in [4.69, 9.17) is 5.11 Å². The van der Waals surface area contributed by atoms with Gasteiger partial charge < -0.3 is 5.11 Å². The lowest BCUT2D eigenvalue weighted by Gasteiger charge is -2.22. The van der Waals surface area contributed by atoms with Crippen LogP contribution in [0.4, 0.5) is 0 Å². The molecular weight excluding hydrogens is 160 g/mol. The summed E-state index contributed by atoms with van der Waals surface area (Å²) >= 11 is 0. The van der Waals surface area contributed by atoms with Crippen molar-refractivity contribution in [3.63, 3.8) is 0 Å². The van der Waals surface area contributed by atoms with Crippen molar-refractivity contribution in [2.24, 2.45) is 5.41 Å². The van der Waals surface area contributed by atoms with Crippen LogP contribution >= 0.6 is 0 Å². The zero-order valence-corrected chi connectivity index (χ0v) is 8.67. The topological polar surface area (TPSA) is 20.2 Å². The summed E-state index contributed by atoms with van der Waals surface area (Å²) in [6, 6.07) is 7.49. The lowest BCUT2D eigenvalue weighted by molar-refractivity contribution is 0.349. The first kappa shape index (κ1) is 10.1. The Labute approximate surface area is 80.4 Å². The van der Waals surface area contributed by atoms with Gasteiger partial charge in [0.1, 0.15) is 5.75 Å². The van der Waals surface area contributed by atoms with Gasteiger partial charge in [-0.25, -0.2) is 0 Å². The summed E-state index contributed by atoms with van der Waals surface area (Å²) in [5.74, 6) is 0.345. The normalized spacial score (nSPS) is 11.6. The molecule has 0 radical (unpaired) electrons. The number of rotatable bonds is 3. The van der Waals surface area contributed by atoms with Crippen LogP contribution in [-0.4, -0.2) is 5.11 Å². The fraction of sp³-hybridized carbons (Fsp3) is 0.500. The molecule has 1 aromatic rings. The van der Waals surface area contributed by atoms with Crippen molar-refractivity contribution < 1.29 is 5.11 Å². The van der Waals surface area contributed by atoms with Gasteiger partial charge in [-0.05, 0) is 29.5 Å². The predicted octanol–water partition coefficient (Wildman–Crippen LogP) is 3.37. The lowest BCUT2D eigenvalue weighted by Crippen LogP contribution is -2.12. The second kappa shape index (κ2) is 3.82. The average molecular weight is 178 g/mol. The van der Waals surface area contributed by atoms with E-state index in [0.29, 0.717) is 11.2 Å². The van der Waals surface area contributed by atoms with Gasteiger partial charge in [-0.2, -0.15) is 0 Å². The van der Waals surface area contributed by atoms with Gasteiger partial charge >= 0.3 is 0 Å². The minimum atomic E-state index is 0.345. The highest BCUT2D eigenvalue weighted by Gasteiger charge is 2.15. The number of hydrogen-bond donors (Lipinski definition) is 1. The van der Waals surface area contributed by atoms with Gasteiger partial charge in [0.15, 0.2) is 0 Å². The van der Waals surface area contributed by atoms with Crippen molar-refractivity contribution in [3.8, 4) is 5.75 Å². The number of benzene rings is 1. The molecule has 0 bridgehead atoms. The van der Waals surface area contributed by atoms with E-state index in [9.17, 15) is 0 Å². The molecule has 0 aromatic heterocycles. The number of phenolic OH excluding ortho intramolecular Hbond substituents is 1. The van der Waals surface area contributed by atoms with Gasteiger partial charge in [-0.1, -0.05) is 39.3 Å². The van der Waals surface area contributed by atoms with E-state index in [0.717, 1.165) is 6.42 Å². The Morgan fingerprint density at radius 2 is 1.69 bits per heavy atom. The smallest absolute Gasteiger partial charge is 0.115 e. The highest BCUT2D eigenvalue weighted by atomic mass is 16.3. The molecule has 0 aliphatic rings. The Morgan fingerprint density at radius 1 is 1.15 bits per heavy atom. The first-order valence-corrected chi connectivity index (χ1v) is 4.81. The second-order valence-electron chi connectivity index (χ2n) is 4.36. The summed E-state index contributed by atoms with van der Waals surface area (Å²) in [5, 5.41) is 9.11. The highest BCUT2D eigenvalue weighted by molar-refractivity contribution is 5.26. The highest BCUT2D eigenvalue weighted by Crippen LogP contribution is 2.25. The van der Waals surface area contributed by atoms with Crippen molar-refractivity contribution in [2.75, 3.05) is 0 Å². The number of phenols is 1. The van der Waals surface area contributed by atoms with Gasteiger partial charge in [-0.3, -0.25) is 0 Å². The molecular formula is C12H18O. The van der Waals surface area contributed by atoms with E-state index >= 15 is 0 Å². The molecule has 0 spiro atoms. The largest absolute Gasteiger partial charge is 0.508 e. The van der Waals surface area contributed by atoms with Crippen molar-refractivity contribution in [1.29, 1.82) is 0 Å². The molecule has 0 aliphatic carbocycles. The van der Waals surface area contributed by atoms with Crippen molar-refractivity contribution in [3.05, 3.63) is 29.8 Å². The summed E-state index contributed by atoms with van der Waals surface area (Å²) in [4.78, 5) is 0. The maximum absolute atomic E-state index is 9.11. The zero-order valence-electron chi connectivity index (χ0n) is 8.67. The van der Waals surface area contributed by atoms with E-state index in [1.54, 1.807) is 12.1 Å². The van der Waals surface area contributed by atoms with Gasteiger partial charge in [0.05, 0.1) is 0 Å². The molecule has 0 heterocycles. The third-order valence-corrected chi connectivity index (χ3v) is 2.58. The van der Waals surface area contributed by atoms with Crippen molar-refractivity contribution in [2.45, 2.75) is 33.6 Å². The van der Waals surface area contributed by atoms with Crippen LogP contribution in [0.5, 0.6) is 5.75 Å². The van der Waals surface area contributed by atoms with E-state index in [-0.39, 0.29) is 0 Å². The molecule has 0 unspecified atom stereocenters.